The molecule has 5 nitrogen and oxygen atoms in total. The van der Waals surface area contributed by atoms with Crippen molar-refractivity contribution in [1.29, 1.82) is 0 Å². The van der Waals surface area contributed by atoms with E-state index in [9.17, 15) is 5.11 Å². The first-order valence-corrected chi connectivity index (χ1v) is 7.87. The number of nitrogens with zero attached hydrogens (tertiary/aromatic N) is 3. The van der Waals surface area contributed by atoms with Crippen molar-refractivity contribution in [3.8, 4) is 10.6 Å². The Morgan fingerprint density at radius 3 is 2.95 bits per heavy atom. The molecule has 3 aromatic rings. The lowest BCUT2D eigenvalue weighted by molar-refractivity contribution is 0.271. The van der Waals surface area contributed by atoms with E-state index in [-0.39, 0.29) is 12.6 Å². The van der Waals surface area contributed by atoms with E-state index in [1.54, 1.807) is 11.3 Å². The quantitative estimate of drug-likeness (QED) is 0.760. The standard InChI is InChI=1S/C15H18N4OS/c1-3-11(8-20)17-14-4-5-15-16-7-12(19(15)18-14)13-6-10(2)9-21-13/h4-7,9,11,20H,3,8H2,1-2H3,(H,17,18). The molecule has 6 heteroatoms. The second-order valence-corrected chi connectivity index (χ2v) is 5.96. The second kappa shape index (κ2) is 5.83. The first-order chi connectivity index (χ1) is 10.2. The number of thiophene rings is 1. The summed E-state index contributed by atoms with van der Waals surface area (Å²) in [6.07, 6.45) is 2.69. The molecule has 1 unspecified atom stereocenters. The SMILES string of the molecule is CCC(CO)Nc1ccc2ncc(-c3cc(C)cs3)n2n1. The van der Waals surface area contributed by atoms with Gasteiger partial charge in [-0.15, -0.1) is 16.4 Å². The van der Waals surface area contributed by atoms with Gasteiger partial charge in [-0.3, -0.25) is 0 Å². The average Bonchev–Trinajstić information content (AvgIpc) is 3.10. The van der Waals surface area contributed by atoms with Gasteiger partial charge in [0.25, 0.3) is 0 Å². The van der Waals surface area contributed by atoms with E-state index in [2.05, 4.69) is 33.8 Å². The molecule has 1 atom stereocenters. The highest BCUT2D eigenvalue weighted by Gasteiger charge is 2.11. The highest BCUT2D eigenvalue weighted by molar-refractivity contribution is 7.13. The molecular formula is C15H18N4OS. The van der Waals surface area contributed by atoms with E-state index in [1.165, 1.54) is 5.56 Å². The fourth-order valence-corrected chi connectivity index (χ4v) is 3.06. The second-order valence-electron chi connectivity index (χ2n) is 5.05. The lowest BCUT2D eigenvalue weighted by Gasteiger charge is -2.14. The van der Waals surface area contributed by atoms with Crippen molar-refractivity contribution in [1.82, 2.24) is 14.6 Å². The van der Waals surface area contributed by atoms with Gasteiger partial charge in [0.1, 0.15) is 11.5 Å². The number of anilines is 1. The molecule has 0 saturated heterocycles. The molecule has 3 aromatic heterocycles. The first-order valence-electron chi connectivity index (χ1n) is 6.99. The van der Waals surface area contributed by atoms with Gasteiger partial charge in [-0.1, -0.05) is 6.92 Å². The van der Waals surface area contributed by atoms with Gasteiger partial charge in [0.15, 0.2) is 5.65 Å². The molecule has 21 heavy (non-hydrogen) atoms. The Bertz CT molecular complexity index is 745. The van der Waals surface area contributed by atoms with Crippen molar-refractivity contribution < 1.29 is 5.11 Å². The first kappa shape index (κ1) is 14.0. The molecule has 0 aliphatic carbocycles. The molecule has 3 heterocycles. The average molecular weight is 302 g/mol. The van der Waals surface area contributed by atoms with Gasteiger partial charge < -0.3 is 10.4 Å². The number of aromatic nitrogens is 3. The van der Waals surface area contributed by atoms with Crippen LogP contribution >= 0.6 is 11.3 Å². The van der Waals surface area contributed by atoms with Gasteiger partial charge in [-0.05, 0) is 42.5 Å². The molecule has 0 amide bonds. The summed E-state index contributed by atoms with van der Waals surface area (Å²) in [6.45, 7) is 4.21. The van der Waals surface area contributed by atoms with Crippen molar-refractivity contribution in [2.24, 2.45) is 0 Å². The summed E-state index contributed by atoms with van der Waals surface area (Å²) in [6, 6.07) is 5.98. The number of hydrogen-bond acceptors (Lipinski definition) is 5. The van der Waals surface area contributed by atoms with Gasteiger partial charge in [0.2, 0.25) is 0 Å². The number of fused-ring (bicyclic) bond motifs is 1. The Morgan fingerprint density at radius 1 is 1.43 bits per heavy atom. The zero-order valence-electron chi connectivity index (χ0n) is 12.1. The van der Waals surface area contributed by atoms with Crippen molar-refractivity contribution in [2.45, 2.75) is 26.3 Å². The van der Waals surface area contributed by atoms with Gasteiger partial charge >= 0.3 is 0 Å². The number of imidazole rings is 1. The maximum absolute atomic E-state index is 9.29. The van der Waals surface area contributed by atoms with Crippen molar-refractivity contribution >= 4 is 22.8 Å². The molecule has 2 N–H and O–H groups in total. The van der Waals surface area contributed by atoms with E-state index in [0.717, 1.165) is 28.5 Å². The number of nitrogens with one attached hydrogen (secondary N) is 1. The Morgan fingerprint density at radius 2 is 2.29 bits per heavy atom. The van der Waals surface area contributed by atoms with Crippen LogP contribution in [0.3, 0.4) is 0 Å². The van der Waals surface area contributed by atoms with Crippen LogP contribution in [0.5, 0.6) is 0 Å². The molecule has 110 valence electrons. The van der Waals surface area contributed by atoms with Crippen molar-refractivity contribution in [3.05, 3.63) is 35.3 Å². The van der Waals surface area contributed by atoms with Crippen LogP contribution in [0.15, 0.2) is 29.8 Å². The Labute approximate surface area is 127 Å². The van der Waals surface area contributed by atoms with E-state index in [1.807, 2.05) is 29.8 Å². The highest BCUT2D eigenvalue weighted by atomic mass is 32.1. The monoisotopic (exact) mass is 302 g/mol. The van der Waals surface area contributed by atoms with Crippen LogP contribution in [0, 0.1) is 6.92 Å². The number of aliphatic hydroxyl groups is 1. The summed E-state index contributed by atoms with van der Waals surface area (Å²) in [5.74, 6) is 0.746. The molecule has 0 saturated carbocycles. The van der Waals surface area contributed by atoms with E-state index in [4.69, 9.17) is 0 Å². The molecule has 0 bridgehead atoms. The minimum Gasteiger partial charge on any atom is -0.394 e. The molecule has 0 aromatic carbocycles. The van der Waals surface area contributed by atoms with Crippen LogP contribution in [0.4, 0.5) is 5.82 Å². The van der Waals surface area contributed by atoms with E-state index in [0.29, 0.717) is 0 Å². The minimum absolute atomic E-state index is 0.0194. The third kappa shape index (κ3) is 2.77. The lowest BCUT2D eigenvalue weighted by atomic mass is 10.2. The maximum Gasteiger partial charge on any atom is 0.154 e. The van der Waals surface area contributed by atoms with Gasteiger partial charge in [0.05, 0.1) is 23.7 Å². The number of aliphatic hydroxyl groups excluding tert-OH is 1. The minimum atomic E-state index is 0.0194. The zero-order valence-corrected chi connectivity index (χ0v) is 12.9. The predicted molar refractivity (Wildman–Crippen MR) is 85.8 cm³/mol. The van der Waals surface area contributed by atoms with E-state index < -0.39 is 0 Å². The number of hydrogen-bond donors (Lipinski definition) is 2. The number of aryl methyl sites for hydroxylation is 1. The third-order valence-corrected chi connectivity index (χ3v) is 4.48. The summed E-state index contributed by atoms with van der Waals surface area (Å²) in [4.78, 5) is 5.55. The van der Waals surface area contributed by atoms with Crippen molar-refractivity contribution in [2.75, 3.05) is 11.9 Å². The van der Waals surface area contributed by atoms with Crippen LogP contribution in [0.2, 0.25) is 0 Å². The third-order valence-electron chi connectivity index (χ3n) is 3.41. The summed E-state index contributed by atoms with van der Waals surface area (Å²) in [5.41, 5.74) is 3.05. The molecule has 0 radical (unpaired) electrons. The Balaban J connectivity index is 1.99. The summed E-state index contributed by atoms with van der Waals surface area (Å²) < 4.78 is 1.84. The maximum atomic E-state index is 9.29. The summed E-state index contributed by atoms with van der Waals surface area (Å²) in [7, 11) is 0. The fraction of sp³-hybridized carbons (Fsp3) is 0.333. The number of rotatable bonds is 5. The molecule has 0 spiro atoms. The highest BCUT2D eigenvalue weighted by Crippen LogP contribution is 2.27. The topological polar surface area (TPSA) is 62.5 Å². The van der Waals surface area contributed by atoms with Crippen LogP contribution in [-0.4, -0.2) is 32.4 Å². The van der Waals surface area contributed by atoms with E-state index >= 15 is 0 Å². The van der Waals surface area contributed by atoms with Crippen LogP contribution in [0.1, 0.15) is 18.9 Å². The lowest BCUT2D eigenvalue weighted by Crippen LogP contribution is -2.23. The Hall–Kier alpha value is -1.92. The summed E-state index contributed by atoms with van der Waals surface area (Å²) >= 11 is 1.69. The molecule has 0 aliphatic heterocycles. The van der Waals surface area contributed by atoms with Crippen LogP contribution in [0.25, 0.3) is 16.2 Å². The van der Waals surface area contributed by atoms with Gasteiger partial charge in [0, 0.05) is 0 Å². The van der Waals surface area contributed by atoms with Crippen LogP contribution in [-0.2, 0) is 0 Å². The smallest absolute Gasteiger partial charge is 0.154 e. The normalized spacial score (nSPS) is 12.7. The van der Waals surface area contributed by atoms with Crippen LogP contribution < -0.4 is 5.32 Å². The summed E-state index contributed by atoms with van der Waals surface area (Å²) in [5, 5.41) is 19.2. The molecular weight excluding hydrogens is 284 g/mol. The van der Waals surface area contributed by atoms with Crippen molar-refractivity contribution in [3.63, 3.8) is 0 Å². The predicted octanol–water partition coefficient (Wildman–Crippen LogP) is 2.95. The molecule has 0 aliphatic rings. The largest absolute Gasteiger partial charge is 0.394 e. The van der Waals surface area contributed by atoms with Gasteiger partial charge in [-0.2, -0.15) is 0 Å². The molecule has 0 fully saturated rings. The zero-order chi connectivity index (χ0) is 14.8. The fourth-order valence-electron chi connectivity index (χ4n) is 2.17. The van der Waals surface area contributed by atoms with Gasteiger partial charge in [-0.25, -0.2) is 9.50 Å². The molecule has 3 rings (SSSR count). The Kier molecular flexibility index (Phi) is 3.90.